The van der Waals surface area contributed by atoms with E-state index in [-0.39, 0.29) is 22.4 Å². The molecule has 3 rings (SSSR count). The van der Waals surface area contributed by atoms with Crippen molar-refractivity contribution in [3.8, 4) is 11.8 Å². The maximum Gasteiger partial charge on any atom is 0.387 e. The molecule has 1 fully saturated rings. The van der Waals surface area contributed by atoms with Gasteiger partial charge in [-0.05, 0) is 48.6 Å². The Morgan fingerprint density at radius 3 is 2.81 bits per heavy atom. The van der Waals surface area contributed by atoms with Gasteiger partial charge in [0.25, 0.3) is 0 Å². The van der Waals surface area contributed by atoms with Crippen LogP contribution in [0.5, 0.6) is 5.75 Å². The summed E-state index contributed by atoms with van der Waals surface area (Å²) < 4.78 is 32.7. The van der Waals surface area contributed by atoms with Crippen LogP contribution in [0.1, 0.15) is 18.4 Å². The molecule has 136 valence electrons. The number of nitrogens with one attached hydrogen (secondary N) is 1. The molecule has 1 aliphatic heterocycles. The van der Waals surface area contributed by atoms with Gasteiger partial charge in [0.05, 0.1) is 0 Å². The van der Waals surface area contributed by atoms with Crippen LogP contribution in [0, 0.1) is 11.3 Å². The number of carbonyl (C=O) groups excluding carboxylic acids is 1. The first kappa shape index (κ1) is 18.4. The molecule has 0 bridgehead atoms. The largest absolute Gasteiger partial charge is 0.435 e. The van der Waals surface area contributed by atoms with Gasteiger partial charge in [-0.15, -0.1) is 0 Å². The van der Waals surface area contributed by atoms with Crippen LogP contribution in [-0.4, -0.2) is 29.5 Å². The van der Waals surface area contributed by atoms with Crippen molar-refractivity contribution >= 4 is 39.7 Å². The normalized spacial score (nSPS) is 17.3. The summed E-state index contributed by atoms with van der Waals surface area (Å²) in [4.78, 5) is 14.4. The van der Waals surface area contributed by atoms with Gasteiger partial charge in [0.15, 0.2) is 5.15 Å². The number of hydrogen-bond acceptors (Lipinski definition) is 6. The summed E-state index contributed by atoms with van der Waals surface area (Å²) in [5.41, 5.74) is 0.807. The van der Waals surface area contributed by atoms with Crippen LogP contribution in [-0.2, 0) is 4.79 Å². The van der Waals surface area contributed by atoms with Crippen molar-refractivity contribution in [1.29, 1.82) is 5.26 Å². The molecule has 6 nitrogen and oxygen atoms in total. The second kappa shape index (κ2) is 7.85. The van der Waals surface area contributed by atoms with E-state index in [1.54, 1.807) is 17.0 Å². The van der Waals surface area contributed by atoms with E-state index in [2.05, 4.69) is 14.4 Å². The van der Waals surface area contributed by atoms with E-state index in [4.69, 9.17) is 16.9 Å². The van der Waals surface area contributed by atoms with Gasteiger partial charge in [-0.1, -0.05) is 11.6 Å². The van der Waals surface area contributed by atoms with Crippen molar-refractivity contribution in [2.24, 2.45) is 0 Å². The minimum absolute atomic E-state index is 0.0286. The number of carbonyl (C=O) groups is 1. The Morgan fingerprint density at radius 1 is 1.42 bits per heavy atom. The van der Waals surface area contributed by atoms with Crippen LogP contribution in [0.4, 0.5) is 19.5 Å². The van der Waals surface area contributed by atoms with Gasteiger partial charge < -0.3 is 15.0 Å². The van der Waals surface area contributed by atoms with Crippen molar-refractivity contribution in [2.75, 3.05) is 16.8 Å². The summed E-state index contributed by atoms with van der Waals surface area (Å²) in [5.74, 6) is -0.145. The minimum atomic E-state index is -2.90. The maximum absolute atomic E-state index is 12.8. The Bertz CT molecular complexity index is 838. The molecule has 1 aromatic carbocycles. The first-order valence-corrected chi connectivity index (χ1v) is 8.83. The summed E-state index contributed by atoms with van der Waals surface area (Å²) in [6.07, 6.45) is 1.34. The number of rotatable bonds is 5. The molecule has 2 aromatic rings. The first-order valence-electron chi connectivity index (χ1n) is 7.67. The summed E-state index contributed by atoms with van der Waals surface area (Å²) >= 11 is 6.88. The van der Waals surface area contributed by atoms with E-state index in [0.717, 1.165) is 18.0 Å². The predicted molar refractivity (Wildman–Crippen MR) is 93.9 cm³/mol. The number of halogens is 3. The van der Waals surface area contributed by atoms with E-state index < -0.39 is 12.7 Å². The van der Waals surface area contributed by atoms with Crippen LogP contribution in [0.2, 0.25) is 5.15 Å². The molecule has 1 atom stereocenters. The zero-order valence-electron chi connectivity index (χ0n) is 13.3. The Kier molecular flexibility index (Phi) is 5.54. The van der Waals surface area contributed by atoms with Crippen molar-refractivity contribution in [3.63, 3.8) is 0 Å². The van der Waals surface area contributed by atoms with Crippen LogP contribution < -0.4 is 15.0 Å². The molecule has 1 aromatic heterocycles. The standard InChI is InChI=1S/C16H13ClF2N4O2S/c17-13-11(8-20)14(26-22-13)21-12-2-1-7-23(15(12)24)9-3-5-10(6-4-9)25-16(18)19/h3-6,12,16,21H,1-2,7H2/t12-/m0/s1. The number of aromatic nitrogens is 1. The van der Waals surface area contributed by atoms with Gasteiger partial charge in [0.1, 0.15) is 28.4 Å². The predicted octanol–water partition coefficient (Wildman–Crippen LogP) is 3.88. The van der Waals surface area contributed by atoms with E-state index in [1.165, 1.54) is 12.1 Å². The first-order chi connectivity index (χ1) is 12.5. The quantitative estimate of drug-likeness (QED) is 0.827. The molecular weight excluding hydrogens is 386 g/mol. The monoisotopic (exact) mass is 398 g/mol. The highest BCUT2D eigenvalue weighted by Gasteiger charge is 2.31. The number of amides is 1. The highest BCUT2D eigenvalue weighted by atomic mass is 35.5. The number of nitriles is 1. The summed E-state index contributed by atoms with van der Waals surface area (Å²) in [6, 6.07) is 7.34. The van der Waals surface area contributed by atoms with Crippen molar-refractivity contribution < 1.29 is 18.3 Å². The van der Waals surface area contributed by atoms with Gasteiger partial charge >= 0.3 is 6.61 Å². The zero-order valence-corrected chi connectivity index (χ0v) is 14.9. The molecule has 0 aliphatic carbocycles. The Hall–Kier alpha value is -2.44. The number of benzene rings is 1. The number of anilines is 2. The molecule has 2 heterocycles. The van der Waals surface area contributed by atoms with Crippen molar-refractivity contribution in [1.82, 2.24) is 4.37 Å². The van der Waals surface area contributed by atoms with Crippen LogP contribution in [0.25, 0.3) is 0 Å². The van der Waals surface area contributed by atoms with Crippen LogP contribution >= 0.6 is 23.1 Å². The Morgan fingerprint density at radius 2 is 2.15 bits per heavy atom. The van der Waals surface area contributed by atoms with E-state index in [1.807, 2.05) is 6.07 Å². The van der Waals surface area contributed by atoms with Gasteiger partial charge in [-0.2, -0.15) is 18.4 Å². The highest BCUT2D eigenvalue weighted by Crippen LogP contribution is 2.31. The van der Waals surface area contributed by atoms with Crippen LogP contribution in [0.15, 0.2) is 24.3 Å². The van der Waals surface area contributed by atoms with Gasteiger partial charge in [0.2, 0.25) is 5.91 Å². The van der Waals surface area contributed by atoms with Crippen molar-refractivity contribution in [3.05, 3.63) is 35.0 Å². The molecule has 1 saturated heterocycles. The molecule has 10 heteroatoms. The second-order valence-electron chi connectivity index (χ2n) is 5.49. The third kappa shape index (κ3) is 3.86. The number of ether oxygens (including phenoxy) is 1. The Labute approximate surface area is 157 Å². The van der Waals surface area contributed by atoms with E-state index in [9.17, 15) is 13.6 Å². The second-order valence-corrected chi connectivity index (χ2v) is 6.62. The Balaban J connectivity index is 1.74. The number of nitrogens with zero attached hydrogens (tertiary/aromatic N) is 3. The molecular formula is C16H13ClF2N4O2S. The van der Waals surface area contributed by atoms with Gasteiger partial charge in [-0.3, -0.25) is 4.79 Å². The smallest absolute Gasteiger partial charge is 0.387 e. The lowest BCUT2D eigenvalue weighted by Crippen LogP contribution is -2.47. The fourth-order valence-corrected chi connectivity index (χ4v) is 3.69. The maximum atomic E-state index is 12.8. The average Bonchev–Trinajstić information content (AvgIpc) is 2.96. The minimum Gasteiger partial charge on any atom is -0.435 e. The molecule has 1 N–H and O–H groups in total. The lowest BCUT2D eigenvalue weighted by Gasteiger charge is -2.32. The summed E-state index contributed by atoms with van der Waals surface area (Å²) in [6.45, 7) is -2.38. The molecule has 0 unspecified atom stereocenters. The highest BCUT2D eigenvalue weighted by molar-refractivity contribution is 7.10. The fraction of sp³-hybridized carbons (Fsp3) is 0.312. The molecule has 26 heavy (non-hydrogen) atoms. The van der Waals surface area contributed by atoms with Crippen LogP contribution in [0.3, 0.4) is 0 Å². The van der Waals surface area contributed by atoms with Gasteiger partial charge in [0, 0.05) is 12.2 Å². The fourth-order valence-electron chi connectivity index (χ4n) is 2.70. The lowest BCUT2D eigenvalue weighted by molar-refractivity contribution is -0.120. The molecule has 1 amide bonds. The van der Waals surface area contributed by atoms with Crippen molar-refractivity contribution in [2.45, 2.75) is 25.5 Å². The SMILES string of the molecule is N#Cc1c(Cl)nsc1N[C@H]1CCCN(c2ccc(OC(F)F)cc2)C1=O. The number of hydrogen-bond donors (Lipinski definition) is 1. The molecule has 1 aliphatic rings. The molecule has 0 saturated carbocycles. The topological polar surface area (TPSA) is 78.2 Å². The van der Waals surface area contributed by atoms with E-state index >= 15 is 0 Å². The average molecular weight is 399 g/mol. The third-order valence-corrected chi connectivity index (χ3v) is 5.03. The summed E-state index contributed by atoms with van der Waals surface area (Å²) in [7, 11) is 0. The lowest BCUT2D eigenvalue weighted by atomic mass is 10.0. The summed E-state index contributed by atoms with van der Waals surface area (Å²) in [5, 5.41) is 12.7. The molecule has 0 radical (unpaired) electrons. The number of piperidine rings is 1. The number of alkyl halides is 2. The third-order valence-electron chi connectivity index (χ3n) is 3.88. The van der Waals surface area contributed by atoms with Gasteiger partial charge in [-0.25, -0.2) is 0 Å². The van der Waals surface area contributed by atoms with E-state index in [0.29, 0.717) is 23.7 Å². The zero-order chi connectivity index (χ0) is 18.7. The molecule has 0 spiro atoms.